The Morgan fingerprint density at radius 2 is 2.03 bits per heavy atom. The van der Waals surface area contributed by atoms with Crippen molar-refractivity contribution in [1.29, 1.82) is 0 Å². The lowest BCUT2D eigenvalue weighted by Crippen LogP contribution is -2.37. The molecule has 1 fully saturated rings. The van der Waals surface area contributed by atoms with Gasteiger partial charge in [0, 0.05) is 31.4 Å². The van der Waals surface area contributed by atoms with Crippen molar-refractivity contribution in [3.63, 3.8) is 0 Å². The second-order valence-corrected chi connectivity index (χ2v) is 8.26. The standard InChI is InChI=1S/C23H29N5O/c1-15-9-16(2)21(17(3)10-15)25-12-19(29)11-18-5-4-8-28(13-18)23-20-6-7-24-22(20)26-14-27-23/h6-7,9-10,14,18,25H,4-5,8,11-13H2,1-3H3,(H,24,26,27)/t18-/m0/s1. The molecule has 0 spiro atoms. The molecular formula is C23H29N5O. The quantitative estimate of drug-likeness (QED) is 0.660. The van der Waals surface area contributed by atoms with Crippen LogP contribution in [0.3, 0.4) is 0 Å². The zero-order valence-electron chi connectivity index (χ0n) is 17.5. The van der Waals surface area contributed by atoms with Crippen LogP contribution in [-0.4, -0.2) is 40.4 Å². The molecule has 3 aromatic rings. The maximum absolute atomic E-state index is 12.7. The van der Waals surface area contributed by atoms with Crippen molar-refractivity contribution >= 4 is 28.3 Å². The Hall–Kier alpha value is -2.89. The van der Waals surface area contributed by atoms with Crippen molar-refractivity contribution in [2.75, 3.05) is 29.9 Å². The number of rotatable bonds is 6. The summed E-state index contributed by atoms with van der Waals surface area (Å²) in [5, 5.41) is 4.42. The third-order valence-electron chi connectivity index (χ3n) is 5.81. The molecule has 0 saturated carbocycles. The lowest BCUT2D eigenvalue weighted by atomic mass is 9.92. The molecule has 6 heteroatoms. The summed E-state index contributed by atoms with van der Waals surface area (Å²) in [5.41, 5.74) is 5.59. The number of Topliss-reactive ketones (excluding diaryl/α,β-unsaturated/α-hetero) is 1. The topological polar surface area (TPSA) is 73.9 Å². The van der Waals surface area contributed by atoms with E-state index in [0.717, 1.165) is 48.5 Å². The molecule has 0 unspecified atom stereocenters. The van der Waals surface area contributed by atoms with Gasteiger partial charge in [0.15, 0.2) is 5.78 Å². The number of aryl methyl sites for hydroxylation is 3. The summed E-state index contributed by atoms with van der Waals surface area (Å²) in [6.45, 7) is 8.51. The van der Waals surface area contributed by atoms with Gasteiger partial charge in [-0.2, -0.15) is 0 Å². The summed E-state index contributed by atoms with van der Waals surface area (Å²) < 4.78 is 0. The van der Waals surface area contributed by atoms with E-state index in [1.807, 2.05) is 12.3 Å². The first-order chi connectivity index (χ1) is 14.0. The van der Waals surface area contributed by atoms with Gasteiger partial charge >= 0.3 is 0 Å². The lowest BCUT2D eigenvalue weighted by molar-refractivity contribution is -0.118. The predicted molar refractivity (Wildman–Crippen MR) is 118 cm³/mol. The monoisotopic (exact) mass is 391 g/mol. The SMILES string of the molecule is Cc1cc(C)c(NCC(=O)C[C@@H]2CCCN(c3ncnc4[nH]ccc34)C2)c(C)c1. The van der Waals surface area contributed by atoms with E-state index in [1.54, 1.807) is 6.33 Å². The number of aromatic nitrogens is 3. The molecule has 152 valence electrons. The fourth-order valence-electron chi connectivity index (χ4n) is 4.57. The molecule has 29 heavy (non-hydrogen) atoms. The minimum Gasteiger partial charge on any atom is -0.378 e. The number of aromatic amines is 1. The maximum atomic E-state index is 12.7. The highest BCUT2D eigenvalue weighted by Crippen LogP contribution is 2.28. The summed E-state index contributed by atoms with van der Waals surface area (Å²) in [6.07, 6.45) is 6.28. The van der Waals surface area contributed by atoms with Gasteiger partial charge in [-0.05, 0) is 56.7 Å². The van der Waals surface area contributed by atoms with Gasteiger partial charge in [-0.1, -0.05) is 17.7 Å². The van der Waals surface area contributed by atoms with E-state index in [-0.39, 0.29) is 5.78 Å². The Morgan fingerprint density at radius 3 is 2.83 bits per heavy atom. The third-order valence-corrected chi connectivity index (χ3v) is 5.81. The molecule has 6 nitrogen and oxygen atoms in total. The zero-order valence-corrected chi connectivity index (χ0v) is 17.5. The Kier molecular flexibility index (Phi) is 5.51. The number of ketones is 1. The minimum absolute atomic E-state index is 0.269. The van der Waals surface area contributed by atoms with Crippen LogP contribution in [0, 0.1) is 26.7 Å². The highest BCUT2D eigenvalue weighted by Gasteiger charge is 2.24. The fraction of sp³-hybridized carbons (Fsp3) is 0.435. The molecule has 1 atom stereocenters. The van der Waals surface area contributed by atoms with Crippen molar-refractivity contribution in [3.8, 4) is 0 Å². The first-order valence-electron chi connectivity index (χ1n) is 10.4. The lowest BCUT2D eigenvalue weighted by Gasteiger charge is -2.33. The van der Waals surface area contributed by atoms with Crippen LogP contribution in [0.15, 0.2) is 30.7 Å². The molecule has 0 aliphatic carbocycles. The average Bonchev–Trinajstić information content (AvgIpc) is 3.16. The first kappa shape index (κ1) is 19.4. The van der Waals surface area contributed by atoms with Crippen molar-refractivity contribution in [2.24, 2.45) is 5.92 Å². The van der Waals surface area contributed by atoms with E-state index in [9.17, 15) is 4.79 Å². The van der Waals surface area contributed by atoms with Crippen LogP contribution in [0.5, 0.6) is 0 Å². The van der Waals surface area contributed by atoms with Gasteiger partial charge in [0.25, 0.3) is 0 Å². The molecule has 0 amide bonds. The van der Waals surface area contributed by atoms with Crippen LogP contribution in [0.4, 0.5) is 11.5 Å². The second-order valence-electron chi connectivity index (χ2n) is 8.26. The zero-order chi connectivity index (χ0) is 20.4. The Balaban J connectivity index is 1.37. The minimum atomic E-state index is 0.269. The number of benzene rings is 1. The number of H-pyrrole nitrogens is 1. The Bertz CT molecular complexity index is 1000. The average molecular weight is 392 g/mol. The van der Waals surface area contributed by atoms with E-state index in [4.69, 9.17) is 0 Å². The van der Waals surface area contributed by atoms with Crippen LogP contribution in [0.2, 0.25) is 0 Å². The number of hydrogen-bond donors (Lipinski definition) is 2. The van der Waals surface area contributed by atoms with Gasteiger partial charge in [0.1, 0.15) is 17.8 Å². The Labute approximate surface area is 171 Å². The van der Waals surface area contributed by atoms with E-state index in [1.165, 1.54) is 16.7 Å². The molecule has 1 saturated heterocycles. The second kappa shape index (κ2) is 8.23. The number of hydrogen-bond acceptors (Lipinski definition) is 5. The van der Waals surface area contributed by atoms with Gasteiger partial charge in [-0.25, -0.2) is 9.97 Å². The molecule has 0 radical (unpaired) electrons. The van der Waals surface area contributed by atoms with Gasteiger partial charge in [-0.15, -0.1) is 0 Å². The fourth-order valence-corrected chi connectivity index (χ4v) is 4.57. The van der Waals surface area contributed by atoms with E-state index < -0.39 is 0 Å². The molecular weight excluding hydrogens is 362 g/mol. The van der Waals surface area contributed by atoms with Crippen molar-refractivity contribution in [1.82, 2.24) is 15.0 Å². The van der Waals surface area contributed by atoms with Gasteiger partial charge in [0.05, 0.1) is 11.9 Å². The summed E-state index contributed by atoms with van der Waals surface area (Å²) >= 11 is 0. The van der Waals surface area contributed by atoms with Crippen LogP contribution in [0.25, 0.3) is 11.0 Å². The number of piperidine rings is 1. The predicted octanol–water partition coefficient (Wildman–Crippen LogP) is 4.17. The summed E-state index contributed by atoms with van der Waals surface area (Å²) in [6, 6.07) is 6.33. The number of fused-ring (bicyclic) bond motifs is 1. The van der Waals surface area contributed by atoms with Crippen molar-refractivity contribution in [3.05, 3.63) is 47.4 Å². The highest BCUT2D eigenvalue weighted by molar-refractivity contribution is 5.87. The van der Waals surface area contributed by atoms with E-state index >= 15 is 0 Å². The molecule has 2 aromatic heterocycles. The number of anilines is 2. The van der Waals surface area contributed by atoms with Crippen LogP contribution in [-0.2, 0) is 4.79 Å². The molecule has 1 aliphatic heterocycles. The van der Waals surface area contributed by atoms with E-state index in [2.05, 4.69) is 58.1 Å². The molecule has 1 aliphatic rings. The number of nitrogens with zero attached hydrogens (tertiary/aromatic N) is 3. The largest absolute Gasteiger partial charge is 0.378 e. The van der Waals surface area contributed by atoms with Crippen molar-refractivity contribution in [2.45, 2.75) is 40.0 Å². The van der Waals surface area contributed by atoms with Gasteiger partial charge in [-0.3, -0.25) is 4.79 Å². The molecule has 3 heterocycles. The van der Waals surface area contributed by atoms with Crippen LogP contribution >= 0.6 is 0 Å². The molecule has 1 aromatic carbocycles. The molecule has 2 N–H and O–H groups in total. The summed E-state index contributed by atoms with van der Waals surface area (Å²) in [4.78, 5) is 26.9. The third kappa shape index (κ3) is 4.26. The smallest absolute Gasteiger partial charge is 0.152 e. The van der Waals surface area contributed by atoms with Gasteiger partial charge < -0.3 is 15.2 Å². The maximum Gasteiger partial charge on any atom is 0.152 e. The number of carbonyl (C=O) groups is 1. The molecule has 0 bridgehead atoms. The number of nitrogens with one attached hydrogen (secondary N) is 2. The first-order valence-corrected chi connectivity index (χ1v) is 10.4. The molecule has 4 rings (SSSR count). The van der Waals surface area contributed by atoms with Crippen molar-refractivity contribution < 1.29 is 4.79 Å². The van der Waals surface area contributed by atoms with E-state index in [0.29, 0.717) is 18.9 Å². The highest BCUT2D eigenvalue weighted by atomic mass is 16.1. The summed E-state index contributed by atoms with van der Waals surface area (Å²) in [7, 11) is 0. The van der Waals surface area contributed by atoms with Gasteiger partial charge in [0.2, 0.25) is 0 Å². The van der Waals surface area contributed by atoms with Crippen LogP contribution in [0.1, 0.15) is 36.0 Å². The Morgan fingerprint density at radius 1 is 1.24 bits per heavy atom. The summed E-state index contributed by atoms with van der Waals surface area (Å²) in [5.74, 6) is 1.60. The van der Waals surface area contributed by atoms with Crippen LogP contribution < -0.4 is 10.2 Å². The normalized spacial score (nSPS) is 16.9. The number of carbonyl (C=O) groups excluding carboxylic acids is 1.